The highest BCUT2D eigenvalue weighted by atomic mass is 32.1. The fraction of sp³-hybridized carbons (Fsp3) is 0.400. The maximum absolute atomic E-state index is 11.9. The molecular weight excluding hydrogens is 230 g/mol. The Morgan fingerprint density at radius 2 is 2.25 bits per heavy atom. The van der Waals surface area contributed by atoms with E-state index in [1.807, 2.05) is 0 Å². The number of likely N-dealkylation sites (N-methyl/N-ethyl adjacent to an activating group) is 1. The second-order valence-corrected chi connectivity index (χ2v) is 3.95. The zero-order valence-electron chi connectivity index (χ0n) is 9.10. The normalized spacial score (nSPS) is 9.88. The van der Waals surface area contributed by atoms with Crippen LogP contribution in [-0.2, 0) is 4.79 Å². The van der Waals surface area contributed by atoms with Crippen LogP contribution in [0.4, 0.5) is 0 Å². The van der Waals surface area contributed by atoms with Crippen molar-refractivity contribution in [1.29, 1.82) is 0 Å². The van der Waals surface area contributed by atoms with E-state index in [0.717, 1.165) is 0 Å². The van der Waals surface area contributed by atoms with Gasteiger partial charge in [0.2, 0.25) is 0 Å². The average Bonchev–Trinajstić information content (AvgIpc) is 2.72. The van der Waals surface area contributed by atoms with Crippen LogP contribution in [0.3, 0.4) is 0 Å². The molecule has 1 rings (SSSR count). The van der Waals surface area contributed by atoms with Gasteiger partial charge in [0.15, 0.2) is 0 Å². The van der Waals surface area contributed by atoms with Crippen molar-refractivity contribution in [3.8, 4) is 5.75 Å². The monoisotopic (exact) mass is 243 g/mol. The van der Waals surface area contributed by atoms with Gasteiger partial charge in [-0.05, 0) is 18.4 Å². The minimum atomic E-state index is -1.02. The first kappa shape index (κ1) is 12.5. The highest BCUT2D eigenvalue weighted by Crippen LogP contribution is 2.25. The lowest BCUT2D eigenvalue weighted by atomic mass is 10.3. The van der Waals surface area contributed by atoms with Gasteiger partial charge >= 0.3 is 5.97 Å². The number of ether oxygens (including phenoxy) is 1. The Kier molecular flexibility index (Phi) is 4.30. The second kappa shape index (κ2) is 5.50. The number of hydrogen-bond acceptors (Lipinski definition) is 4. The predicted octanol–water partition coefficient (Wildman–Crippen LogP) is 1.30. The molecule has 1 amide bonds. The van der Waals surface area contributed by atoms with E-state index in [0.29, 0.717) is 17.2 Å². The lowest BCUT2D eigenvalue weighted by Crippen LogP contribution is -2.35. The molecule has 0 aliphatic rings. The van der Waals surface area contributed by atoms with Crippen molar-refractivity contribution in [2.24, 2.45) is 0 Å². The molecule has 1 N–H and O–H groups in total. The van der Waals surface area contributed by atoms with E-state index in [1.54, 1.807) is 18.4 Å². The van der Waals surface area contributed by atoms with E-state index in [9.17, 15) is 9.59 Å². The van der Waals surface area contributed by atoms with Gasteiger partial charge in [-0.2, -0.15) is 0 Å². The highest BCUT2D eigenvalue weighted by Gasteiger charge is 2.21. The van der Waals surface area contributed by atoms with Gasteiger partial charge in [0, 0.05) is 6.54 Å². The maximum atomic E-state index is 11.9. The van der Waals surface area contributed by atoms with E-state index < -0.39 is 5.97 Å². The number of carbonyl (C=O) groups is 2. The summed E-state index contributed by atoms with van der Waals surface area (Å²) >= 11 is 1.24. The van der Waals surface area contributed by atoms with Crippen LogP contribution in [0.15, 0.2) is 11.4 Å². The molecule has 1 aromatic rings. The van der Waals surface area contributed by atoms with Crippen LogP contribution in [0.25, 0.3) is 0 Å². The van der Waals surface area contributed by atoms with Gasteiger partial charge in [-0.3, -0.25) is 9.59 Å². The Bertz CT molecular complexity index is 388. The molecule has 0 aromatic carbocycles. The first-order chi connectivity index (χ1) is 7.60. The van der Waals surface area contributed by atoms with Gasteiger partial charge in [-0.1, -0.05) is 0 Å². The molecule has 0 fully saturated rings. The molecule has 0 radical (unpaired) electrons. The first-order valence-electron chi connectivity index (χ1n) is 4.72. The Labute approximate surface area is 97.3 Å². The summed E-state index contributed by atoms with van der Waals surface area (Å²) in [7, 11) is 1.48. The molecule has 16 heavy (non-hydrogen) atoms. The molecule has 0 atom stereocenters. The summed E-state index contributed by atoms with van der Waals surface area (Å²) in [4.78, 5) is 24.2. The number of rotatable bonds is 5. The molecule has 0 saturated carbocycles. The third kappa shape index (κ3) is 2.73. The van der Waals surface area contributed by atoms with Gasteiger partial charge in [-0.15, -0.1) is 11.3 Å². The van der Waals surface area contributed by atoms with Crippen LogP contribution in [0, 0.1) is 0 Å². The lowest BCUT2D eigenvalue weighted by molar-refractivity contribution is -0.137. The zero-order valence-corrected chi connectivity index (χ0v) is 9.91. The molecule has 6 heteroatoms. The minimum absolute atomic E-state index is 0.295. The minimum Gasteiger partial charge on any atom is -0.495 e. The third-order valence-electron chi connectivity index (χ3n) is 2.04. The quantitative estimate of drug-likeness (QED) is 0.846. The van der Waals surface area contributed by atoms with E-state index in [4.69, 9.17) is 9.84 Å². The van der Waals surface area contributed by atoms with E-state index in [-0.39, 0.29) is 12.5 Å². The van der Waals surface area contributed by atoms with Crippen molar-refractivity contribution >= 4 is 23.2 Å². The van der Waals surface area contributed by atoms with Gasteiger partial charge in [0.1, 0.15) is 17.2 Å². The average molecular weight is 243 g/mol. The number of carbonyl (C=O) groups excluding carboxylic acids is 1. The number of nitrogens with zero attached hydrogens (tertiary/aromatic N) is 1. The van der Waals surface area contributed by atoms with Crippen LogP contribution >= 0.6 is 11.3 Å². The summed E-state index contributed by atoms with van der Waals surface area (Å²) in [5, 5.41) is 10.4. The van der Waals surface area contributed by atoms with E-state index in [1.165, 1.54) is 23.3 Å². The summed E-state index contributed by atoms with van der Waals surface area (Å²) in [6, 6.07) is 1.69. The smallest absolute Gasteiger partial charge is 0.323 e. The Balaban J connectivity index is 2.86. The zero-order chi connectivity index (χ0) is 12.1. The topological polar surface area (TPSA) is 66.8 Å². The molecule has 0 spiro atoms. The van der Waals surface area contributed by atoms with Gasteiger partial charge in [0.25, 0.3) is 5.91 Å². The van der Waals surface area contributed by atoms with Crippen molar-refractivity contribution < 1.29 is 19.4 Å². The summed E-state index contributed by atoms with van der Waals surface area (Å²) < 4.78 is 5.02. The standard InChI is InChI=1S/C10H13NO4S/c1-3-11(6-8(12)13)10(14)9-7(15-2)4-5-16-9/h4-5H,3,6H2,1-2H3,(H,12,13). The first-order valence-corrected chi connectivity index (χ1v) is 5.60. The van der Waals surface area contributed by atoms with Crippen molar-refractivity contribution in [3.63, 3.8) is 0 Å². The highest BCUT2D eigenvalue weighted by molar-refractivity contribution is 7.12. The fourth-order valence-electron chi connectivity index (χ4n) is 1.25. The molecular formula is C10H13NO4S. The number of hydrogen-bond donors (Lipinski definition) is 1. The number of thiophene rings is 1. The molecule has 0 aliphatic heterocycles. The van der Waals surface area contributed by atoms with E-state index >= 15 is 0 Å². The van der Waals surface area contributed by atoms with Crippen LogP contribution in [0.2, 0.25) is 0 Å². The van der Waals surface area contributed by atoms with Crippen molar-refractivity contribution in [3.05, 3.63) is 16.3 Å². The molecule has 5 nitrogen and oxygen atoms in total. The van der Waals surface area contributed by atoms with E-state index in [2.05, 4.69) is 0 Å². The van der Waals surface area contributed by atoms with Crippen LogP contribution in [0.5, 0.6) is 5.75 Å². The van der Waals surface area contributed by atoms with Crippen LogP contribution in [-0.4, -0.2) is 42.1 Å². The molecule has 88 valence electrons. The molecule has 1 heterocycles. The number of carboxylic acids is 1. The SMILES string of the molecule is CCN(CC(=O)O)C(=O)c1sccc1OC. The summed E-state index contributed by atoms with van der Waals surface area (Å²) in [6.07, 6.45) is 0. The molecule has 0 aliphatic carbocycles. The number of methoxy groups -OCH3 is 1. The van der Waals surface area contributed by atoms with Gasteiger partial charge in [0.05, 0.1) is 7.11 Å². The Morgan fingerprint density at radius 3 is 2.75 bits per heavy atom. The van der Waals surface area contributed by atoms with Crippen molar-refractivity contribution in [1.82, 2.24) is 4.90 Å². The Morgan fingerprint density at radius 1 is 1.56 bits per heavy atom. The van der Waals surface area contributed by atoms with Gasteiger partial charge < -0.3 is 14.7 Å². The van der Waals surface area contributed by atoms with Crippen molar-refractivity contribution in [2.75, 3.05) is 20.2 Å². The Hall–Kier alpha value is -1.56. The third-order valence-corrected chi connectivity index (χ3v) is 2.92. The van der Waals surface area contributed by atoms with Crippen LogP contribution < -0.4 is 4.74 Å². The predicted molar refractivity (Wildman–Crippen MR) is 60.1 cm³/mol. The summed E-state index contributed by atoms with van der Waals surface area (Å²) in [5.41, 5.74) is 0. The number of aliphatic carboxylic acids is 1. The van der Waals surface area contributed by atoms with Crippen LogP contribution in [0.1, 0.15) is 16.6 Å². The van der Waals surface area contributed by atoms with Gasteiger partial charge in [-0.25, -0.2) is 0 Å². The maximum Gasteiger partial charge on any atom is 0.323 e. The second-order valence-electron chi connectivity index (χ2n) is 3.03. The molecule has 1 aromatic heterocycles. The lowest BCUT2D eigenvalue weighted by Gasteiger charge is -2.17. The molecule has 0 bridgehead atoms. The molecule has 0 saturated heterocycles. The molecule has 0 unspecified atom stereocenters. The largest absolute Gasteiger partial charge is 0.495 e. The van der Waals surface area contributed by atoms with Crippen molar-refractivity contribution in [2.45, 2.75) is 6.92 Å². The number of amides is 1. The fourth-order valence-corrected chi connectivity index (χ4v) is 2.07. The number of carboxylic acid groups (broad SMARTS) is 1. The summed E-state index contributed by atoms with van der Waals surface area (Å²) in [6.45, 7) is 1.80. The summed E-state index contributed by atoms with van der Waals surface area (Å²) in [5.74, 6) is -0.846.